The minimum Gasteiger partial charge on any atom is -0.462 e. The van der Waals surface area contributed by atoms with Gasteiger partial charge in [-0.05, 0) is 45.0 Å². The summed E-state index contributed by atoms with van der Waals surface area (Å²) in [5, 5.41) is 2.72. The maximum Gasteiger partial charge on any atom is 0.338 e. The first-order valence-corrected chi connectivity index (χ1v) is 7.45. The lowest BCUT2D eigenvalue weighted by Crippen LogP contribution is -2.24. The SMILES string of the molecule is CCOC(=O)c1ccc(NC2=C(Cl)C(=O)C(C)=C(C)C2=O)cc1. The molecule has 1 aliphatic rings. The number of ketones is 2. The third-order valence-corrected chi connectivity index (χ3v) is 3.92. The molecule has 0 aromatic heterocycles. The van der Waals surface area contributed by atoms with Crippen molar-refractivity contribution in [1.29, 1.82) is 0 Å². The molecule has 1 N–H and O–H groups in total. The van der Waals surface area contributed by atoms with Gasteiger partial charge in [0.2, 0.25) is 11.6 Å². The minimum atomic E-state index is -0.422. The molecule has 0 fully saturated rings. The second kappa shape index (κ2) is 6.79. The van der Waals surface area contributed by atoms with Crippen LogP contribution in [0.4, 0.5) is 5.69 Å². The fourth-order valence-corrected chi connectivity index (χ4v) is 2.34. The summed E-state index contributed by atoms with van der Waals surface area (Å²) in [4.78, 5) is 35.9. The highest BCUT2D eigenvalue weighted by Gasteiger charge is 2.29. The van der Waals surface area contributed by atoms with E-state index in [0.29, 0.717) is 29.0 Å². The quantitative estimate of drug-likeness (QED) is 0.676. The number of allylic oxidation sites excluding steroid dienone is 3. The van der Waals surface area contributed by atoms with Crippen LogP contribution >= 0.6 is 11.6 Å². The zero-order valence-electron chi connectivity index (χ0n) is 13.0. The Labute approximate surface area is 139 Å². The van der Waals surface area contributed by atoms with Crippen LogP contribution in [0.15, 0.2) is 46.1 Å². The predicted octanol–water partition coefficient (Wildman–Crippen LogP) is 3.21. The van der Waals surface area contributed by atoms with Gasteiger partial charge in [-0.25, -0.2) is 4.79 Å². The number of Topliss-reactive ketones (excluding diaryl/α,β-unsaturated/α-hetero) is 2. The van der Waals surface area contributed by atoms with Crippen molar-refractivity contribution >= 4 is 34.8 Å². The molecular weight excluding hydrogens is 318 g/mol. The fraction of sp³-hybridized carbons (Fsp3) is 0.235. The molecule has 0 saturated heterocycles. The van der Waals surface area contributed by atoms with Gasteiger partial charge in [0.05, 0.1) is 12.2 Å². The second-order valence-electron chi connectivity index (χ2n) is 5.02. The van der Waals surface area contributed by atoms with Crippen molar-refractivity contribution in [3.63, 3.8) is 0 Å². The summed E-state index contributed by atoms with van der Waals surface area (Å²) in [5.74, 6) is -1.11. The normalized spacial score (nSPS) is 15.1. The number of rotatable bonds is 4. The van der Waals surface area contributed by atoms with E-state index in [4.69, 9.17) is 16.3 Å². The Morgan fingerprint density at radius 1 is 1.09 bits per heavy atom. The van der Waals surface area contributed by atoms with Crippen LogP contribution in [0, 0.1) is 0 Å². The van der Waals surface area contributed by atoms with Crippen LogP contribution in [-0.2, 0) is 14.3 Å². The van der Waals surface area contributed by atoms with Crippen LogP contribution in [-0.4, -0.2) is 24.1 Å². The standard InChI is InChI=1S/C17H16ClNO4/c1-4-23-17(22)11-5-7-12(8-6-11)19-14-13(18)15(20)9(2)10(3)16(14)21/h5-8,19H,4H2,1-3H3. The lowest BCUT2D eigenvalue weighted by atomic mass is 9.94. The van der Waals surface area contributed by atoms with Crippen LogP contribution in [0.1, 0.15) is 31.1 Å². The van der Waals surface area contributed by atoms with E-state index in [9.17, 15) is 14.4 Å². The van der Waals surface area contributed by atoms with E-state index in [2.05, 4.69) is 5.32 Å². The molecule has 1 aromatic rings. The molecule has 6 heteroatoms. The van der Waals surface area contributed by atoms with Crippen LogP contribution < -0.4 is 5.32 Å². The van der Waals surface area contributed by atoms with E-state index in [1.54, 1.807) is 45.0 Å². The zero-order valence-corrected chi connectivity index (χ0v) is 13.8. The van der Waals surface area contributed by atoms with Gasteiger partial charge in [0.15, 0.2) is 0 Å². The molecule has 0 unspecified atom stereocenters. The number of anilines is 1. The first kappa shape index (κ1) is 17.0. The maximum absolute atomic E-state index is 12.3. The van der Waals surface area contributed by atoms with Crippen molar-refractivity contribution in [3.05, 3.63) is 51.7 Å². The molecule has 0 heterocycles. The largest absolute Gasteiger partial charge is 0.462 e. The first-order valence-electron chi connectivity index (χ1n) is 7.07. The summed E-state index contributed by atoms with van der Waals surface area (Å²) in [6.07, 6.45) is 0. The van der Waals surface area contributed by atoms with Crippen molar-refractivity contribution in [2.24, 2.45) is 0 Å². The Bertz CT molecular complexity index is 744. The van der Waals surface area contributed by atoms with Gasteiger partial charge < -0.3 is 10.1 Å². The lowest BCUT2D eigenvalue weighted by molar-refractivity contribution is -0.116. The third-order valence-electron chi connectivity index (χ3n) is 3.55. The molecule has 0 radical (unpaired) electrons. The number of esters is 1. The van der Waals surface area contributed by atoms with E-state index in [1.165, 1.54) is 0 Å². The zero-order chi connectivity index (χ0) is 17.1. The van der Waals surface area contributed by atoms with Gasteiger partial charge in [-0.2, -0.15) is 0 Å². The topological polar surface area (TPSA) is 72.5 Å². The van der Waals surface area contributed by atoms with Gasteiger partial charge in [0.25, 0.3) is 0 Å². The molecule has 0 atom stereocenters. The maximum atomic E-state index is 12.3. The molecule has 0 aliphatic heterocycles. The van der Waals surface area contributed by atoms with E-state index in [0.717, 1.165) is 0 Å². The summed E-state index contributed by atoms with van der Waals surface area (Å²) in [7, 11) is 0. The van der Waals surface area contributed by atoms with Crippen molar-refractivity contribution in [1.82, 2.24) is 0 Å². The number of nitrogens with one attached hydrogen (secondary N) is 1. The molecule has 1 aromatic carbocycles. The van der Waals surface area contributed by atoms with Gasteiger partial charge in [-0.3, -0.25) is 9.59 Å². The van der Waals surface area contributed by atoms with Crippen molar-refractivity contribution in [2.75, 3.05) is 11.9 Å². The van der Waals surface area contributed by atoms with Gasteiger partial charge in [0.1, 0.15) is 10.7 Å². The molecule has 5 nitrogen and oxygen atoms in total. The highest BCUT2D eigenvalue weighted by molar-refractivity contribution is 6.49. The number of benzene rings is 1. The smallest absolute Gasteiger partial charge is 0.338 e. The molecule has 120 valence electrons. The van der Waals surface area contributed by atoms with E-state index >= 15 is 0 Å². The van der Waals surface area contributed by atoms with E-state index in [-0.39, 0.29) is 22.3 Å². The number of hydrogen-bond acceptors (Lipinski definition) is 5. The number of ether oxygens (including phenoxy) is 1. The monoisotopic (exact) mass is 333 g/mol. The lowest BCUT2D eigenvalue weighted by Gasteiger charge is -2.18. The number of carbonyl (C=O) groups is 3. The summed E-state index contributed by atoms with van der Waals surface area (Å²) >= 11 is 6.00. The Morgan fingerprint density at radius 2 is 1.65 bits per heavy atom. The van der Waals surface area contributed by atoms with Crippen LogP contribution in [0.5, 0.6) is 0 Å². The molecule has 0 spiro atoms. The Kier molecular flexibility index (Phi) is 5.01. The van der Waals surface area contributed by atoms with Gasteiger partial charge in [0, 0.05) is 16.8 Å². The Balaban J connectivity index is 2.24. The average molecular weight is 334 g/mol. The van der Waals surface area contributed by atoms with Crippen LogP contribution in [0.2, 0.25) is 0 Å². The number of carbonyl (C=O) groups excluding carboxylic acids is 3. The highest BCUT2D eigenvalue weighted by Crippen LogP contribution is 2.28. The van der Waals surface area contributed by atoms with Gasteiger partial charge in [-0.15, -0.1) is 0 Å². The minimum absolute atomic E-state index is 0.0450. The fourth-order valence-electron chi connectivity index (χ4n) is 2.07. The second-order valence-corrected chi connectivity index (χ2v) is 5.40. The first-order chi connectivity index (χ1) is 10.9. The number of hydrogen-bond donors (Lipinski definition) is 1. The van der Waals surface area contributed by atoms with Crippen LogP contribution in [0.3, 0.4) is 0 Å². The molecule has 1 aliphatic carbocycles. The molecule has 2 rings (SSSR count). The third kappa shape index (κ3) is 3.35. The summed E-state index contributed by atoms with van der Waals surface area (Å²) < 4.78 is 4.90. The Morgan fingerprint density at radius 3 is 2.22 bits per heavy atom. The van der Waals surface area contributed by atoms with Crippen molar-refractivity contribution in [2.45, 2.75) is 20.8 Å². The van der Waals surface area contributed by atoms with E-state index in [1.807, 2.05) is 0 Å². The Hall–Kier alpha value is -2.40. The molecular formula is C17H16ClNO4. The van der Waals surface area contributed by atoms with Gasteiger partial charge in [-0.1, -0.05) is 11.6 Å². The molecule has 23 heavy (non-hydrogen) atoms. The highest BCUT2D eigenvalue weighted by atomic mass is 35.5. The molecule has 0 bridgehead atoms. The average Bonchev–Trinajstić information content (AvgIpc) is 2.56. The van der Waals surface area contributed by atoms with Crippen molar-refractivity contribution in [3.8, 4) is 0 Å². The number of halogens is 1. The van der Waals surface area contributed by atoms with Gasteiger partial charge >= 0.3 is 5.97 Å². The summed E-state index contributed by atoms with van der Waals surface area (Å²) in [5.41, 5.74) is 1.70. The molecule has 0 amide bonds. The summed E-state index contributed by atoms with van der Waals surface area (Å²) in [6, 6.07) is 6.36. The summed E-state index contributed by atoms with van der Waals surface area (Å²) in [6.45, 7) is 5.18. The van der Waals surface area contributed by atoms with Crippen LogP contribution in [0.25, 0.3) is 0 Å². The molecule has 0 saturated carbocycles. The predicted molar refractivity (Wildman–Crippen MR) is 87.3 cm³/mol. The van der Waals surface area contributed by atoms with Crippen molar-refractivity contribution < 1.29 is 19.1 Å². The van der Waals surface area contributed by atoms with E-state index < -0.39 is 5.97 Å².